The first-order chi connectivity index (χ1) is 9.13. The summed E-state index contributed by atoms with van der Waals surface area (Å²) in [7, 11) is 0. The van der Waals surface area contributed by atoms with Gasteiger partial charge in [-0.2, -0.15) is 0 Å². The second kappa shape index (κ2) is 5.35. The van der Waals surface area contributed by atoms with Gasteiger partial charge in [0.2, 0.25) is 0 Å². The maximum absolute atomic E-state index is 4.66. The Hall–Kier alpha value is -0.710. The predicted molar refractivity (Wildman–Crippen MR) is 83.7 cm³/mol. The summed E-state index contributed by atoms with van der Waals surface area (Å²) in [5.41, 5.74) is 3.66. The average Bonchev–Trinajstić information content (AvgIpc) is 3.11. The minimum absolute atomic E-state index is 0.225. The predicted octanol–water partition coefficient (Wildman–Crippen LogP) is 4.36. The minimum Gasteiger partial charge on any atom is -0.301 e. The Kier molecular flexibility index (Phi) is 3.74. The van der Waals surface area contributed by atoms with E-state index in [0.29, 0.717) is 6.04 Å². The summed E-state index contributed by atoms with van der Waals surface area (Å²) in [6.45, 7) is 4.17. The van der Waals surface area contributed by atoms with Gasteiger partial charge in [-0.3, -0.25) is 0 Å². The number of aryl methyl sites for hydroxylation is 2. The van der Waals surface area contributed by atoms with Crippen LogP contribution in [-0.4, -0.2) is 11.0 Å². The minimum atomic E-state index is 0.225. The highest BCUT2D eigenvalue weighted by atomic mass is 79.9. The fourth-order valence-electron chi connectivity index (χ4n) is 2.09. The van der Waals surface area contributed by atoms with E-state index in [9.17, 15) is 0 Å². The number of aromatic nitrogens is 1. The molecule has 0 radical (unpaired) electrons. The zero-order chi connectivity index (χ0) is 13.4. The summed E-state index contributed by atoms with van der Waals surface area (Å²) >= 11 is 5.37. The van der Waals surface area contributed by atoms with Crippen LogP contribution in [0.1, 0.15) is 40.7 Å². The van der Waals surface area contributed by atoms with Crippen molar-refractivity contribution in [3.05, 3.63) is 49.9 Å². The number of halogens is 1. The molecule has 1 heterocycles. The van der Waals surface area contributed by atoms with Gasteiger partial charge in [0.25, 0.3) is 0 Å². The van der Waals surface area contributed by atoms with E-state index < -0.39 is 0 Å². The molecule has 19 heavy (non-hydrogen) atoms. The second-order valence-corrected chi connectivity index (χ2v) is 6.95. The lowest BCUT2D eigenvalue weighted by Crippen LogP contribution is -2.24. The average molecular weight is 337 g/mol. The maximum atomic E-state index is 4.66. The second-order valence-electron chi connectivity index (χ2n) is 5.21. The molecule has 0 spiro atoms. The monoisotopic (exact) mass is 336 g/mol. The van der Waals surface area contributed by atoms with Crippen LogP contribution in [0, 0.1) is 13.8 Å². The topological polar surface area (TPSA) is 24.9 Å². The quantitative estimate of drug-likeness (QED) is 0.896. The van der Waals surface area contributed by atoms with Crippen molar-refractivity contribution in [1.82, 2.24) is 10.3 Å². The summed E-state index contributed by atoms with van der Waals surface area (Å²) in [6.07, 6.45) is 2.57. The van der Waals surface area contributed by atoms with Crippen LogP contribution in [0.3, 0.4) is 0 Å². The van der Waals surface area contributed by atoms with Crippen LogP contribution in [0.15, 0.2) is 28.1 Å². The number of rotatable bonds is 4. The molecule has 3 rings (SSSR count). The number of hydrogen-bond donors (Lipinski definition) is 1. The molecule has 1 aliphatic rings. The molecule has 1 aliphatic carbocycles. The number of hydrogen-bond acceptors (Lipinski definition) is 3. The van der Waals surface area contributed by atoms with Crippen LogP contribution in [0.25, 0.3) is 0 Å². The number of nitrogens with one attached hydrogen (secondary N) is 1. The smallest absolute Gasteiger partial charge is 0.114 e. The van der Waals surface area contributed by atoms with Crippen LogP contribution in [0.5, 0.6) is 0 Å². The molecule has 0 amide bonds. The van der Waals surface area contributed by atoms with Crippen molar-refractivity contribution in [1.29, 1.82) is 0 Å². The van der Waals surface area contributed by atoms with Gasteiger partial charge in [0.05, 0.1) is 6.04 Å². The molecular formula is C15H17BrN2S. The molecule has 1 aromatic carbocycles. The van der Waals surface area contributed by atoms with Gasteiger partial charge in [0.15, 0.2) is 0 Å². The van der Waals surface area contributed by atoms with Crippen molar-refractivity contribution in [2.24, 2.45) is 0 Å². The fraction of sp³-hybridized carbons (Fsp3) is 0.400. The lowest BCUT2D eigenvalue weighted by atomic mass is 10.1. The standard InChI is InChI=1S/C15H17BrN2S/c1-9-3-4-11(7-13(9)16)14(18-12-5-6-12)15-17-10(2)8-19-15/h3-4,7-8,12,14,18H,5-6H2,1-2H3. The number of benzene rings is 1. The third-order valence-corrected chi connectivity index (χ3v) is 5.27. The van der Waals surface area contributed by atoms with Crippen LogP contribution < -0.4 is 5.32 Å². The van der Waals surface area contributed by atoms with Crippen LogP contribution in [0.4, 0.5) is 0 Å². The van der Waals surface area contributed by atoms with E-state index in [1.54, 1.807) is 11.3 Å². The molecule has 1 unspecified atom stereocenters. The van der Waals surface area contributed by atoms with Crippen molar-refractivity contribution in [3.8, 4) is 0 Å². The van der Waals surface area contributed by atoms with Gasteiger partial charge in [0, 0.05) is 21.6 Å². The lowest BCUT2D eigenvalue weighted by Gasteiger charge is -2.17. The molecule has 4 heteroatoms. The summed E-state index contributed by atoms with van der Waals surface area (Å²) in [6, 6.07) is 7.47. The third-order valence-electron chi connectivity index (χ3n) is 3.39. The highest BCUT2D eigenvalue weighted by Crippen LogP contribution is 2.32. The Bertz CT molecular complexity index is 590. The molecule has 0 aliphatic heterocycles. The Labute approximate surface area is 126 Å². The largest absolute Gasteiger partial charge is 0.301 e. The summed E-state index contributed by atoms with van der Waals surface area (Å²) in [4.78, 5) is 4.66. The van der Waals surface area contributed by atoms with Gasteiger partial charge < -0.3 is 5.32 Å². The first-order valence-corrected chi connectivity index (χ1v) is 8.25. The third kappa shape index (κ3) is 3.07. The van der Waals surface area contributed by atoms with Gasteiger partial charge in [-0.05, 0) is 43.9 Å². The van der Waals surface area contributed by atoms with Crippen LogP contribution in [-0.2, 0) is 0 Å². The molecule has 1 atom stereocenters. The molecule has 100 valence electrons. The molecule has 1 aromatic heterocycles. The van der Waals surface area contributed by atoms with Crippen molar-refractivity contribution >= 4 is 27.3 Å². The molecule has 0 saturated heterocycles. The fourth-order valence-corrected chi connectivity index (χ4v) is 3.37. The first kappa shape index (κ1) is 13.3. The Morgan fingerprint density at radius 3 is 2.74 bits per heavy atom. The molecule has 2 aromatic rings. The Morgan fingerprint density at radius 2 is 2.16 bits per heavy atom. The van der Waals surface area contributed by atoms with Crippen molar-refractivity contribution in [2.75, 3.05) is 0 Å². The number of thiazole rings is 1. The van der Waals surface area contributed by atoms with Crippen molar-refractivity contribution in [3.63, 3.8) is 0 Å². The molecule has 0 bridgehead atoms. The highest BCUT2D eigenvalue weighted by molar-refractivity contribution is 9.10. The first-order valence-electron chi connectivity index (χ1n) is 6.57. The lowest BCUT2D eigenvalue weighted by molar-refractivity contribution is 0.597. The highest BCUT2D eigenvalue weighted by Gasteiger charge is 2.27. The van der Waals surface area contributed by atoms with Crippen molar-refractivity contribution < 1.29 is 0 Å². The van der Waals surface area contributed by atoms with Gasteiger partial charge in [-0.15, -0.1) is 11.3 Å². The van der Waals surface area contributed by atoms with Gasteiger partial charge >= 0.3 is 0 Å². The Balaban J connectivity index is 1.95. The number of nitrogens with zero attached hydrogens (tertiary/aromatic N) is 1. The van der Waals surface area contributed by atoms with Crippen molar-refractivity contribution in [2.45, 2.75) is 38.8 Å². The van der Waals surface area contributed by atoms with Gasteiger partial charge in [-0.25, -0.2) is 4.98 Å². The van der Waals surface area contributed by atoms with E-state index in [1.165, 1.54) is 33.4 Å². The van der Waals surface area contributed by atoms with E-state index in [1.807, 2.05) is 0 Å². The zero-order valence-corrected chi connectivity index (χ0v) is 13.5. The van der Waals surface area contributed by atoms with Crippen LogP contribution in [0.2, 0.25) is 0 Å². The molecule has 1 saturated carbocycles. The van der Waals surface area contributed by atoms with Gasteiger partial charge in [0.1, 0.15) is 5.01 Å². The molecule has 1 fully saturated rings. The zero-order valence-electron chi connectivity index (χ0n) is 11.1. The van der Waals surface area contributed by atoms with E-state index in [-0.39, 0.29) is 6.04 Å². The summed E-state index contributed by atoms with van der Waals surface area (Å²) in [5.74, 6) is 0. The van der Waals surface area contributed by atoms with Crippen LogP contribution >= 0.6 is 27.3 Å². The van der Waals surface area contributed by atoms with E-state index in [2.05, 4.69) is 63.7 Å². The summed E-state index contributed by atoms with van der Waals surface area (Å²) < 4.78 is 1.17. The van der Waals surface area contributed by atoms with E-state index >= 15 is 0 Å². The van der Waals surface area contributed by atoms with E-state index in [4.69, 9.17) is 0 Å². The van der Waals surface area contributed by atoms with Gasteiger partial charge in [-0.1, -0.05) is 28.1 Å². The Morgan fingerprint density at radius 1 is 1.37 bits per heavy atom. The summed E-state index contributed by atoms with van der Waals surface area (Å²) in [5, 5.41) is 7.00. The molecule has 1 N–H and O–H groups in total. The SMILES string of the molecule is Cc1csc(C(NC2CC2)c2ccc(C)c(Br)c2)n1. The molecular weight excluding hydrogens is 320 g/mol. The van der Waals surface area contributed by atoms with E-state index in [0.717, 1.165) is 5.69 Å². The normalized spacial score (nSPS) is 16.6. The molecule has 2 nitrogen and oxygen atoms in total. The maximum Gasteiger partial charge on any atom is 0.114 e.